The van der Waals surface area contributed by atoms with Gasteiger partial charge in [-0.1, -0.05) is 28.9 Å². The van der Waals surface area contributed by atoms with Crippen LogP contribution in [-0.4, -0.2) is 29.3 Å². The molecule has 6 heteroatoms. The average Bonchev–Trinajstić information content (AvgIpc) is 2.36. The lowest BCUT2D eigenvalue weighted by Gasteiger charge is -2.32. The van der Waals surface area contributed by atoms with Crippen molar-refractivity contribution in [1.29, 1.82) is 0 Å². The minimum atomic E-state index is -0.458. The fourth-order valence-corrected chi connectivity index (χ4v) is 2.52. The van der Waals surface area contributed by atoms with E-state index >= 15 is 0 Å². The molecule has 1 unspecified atom stereocenters. The predicted octanol–water partition coefficient (Wildman–Crippen LogP) is 1.83. The Labute approximate surface area is 119 Å². The zero-order chi connectivity index (χ0) is 14.0. The van der Waals surface area contributed by atoms with Crippen LogP contribution in [0.4, 0.5) is 4.39 Å². The first-order chi connectivity index (χ1) is 9.01. The lowest BCUT2D eigenvalue weighted by molar-refractivity contribution is -0.144. The standard InChI is InChI=1S/C13H14BrFN2O2/c1-2-11-13(19)17(7-12(18)16-11)6-8-3-4-9(15)5-10(8)14/h3-5,11H,2,6-7H2,1H3,(H,16,18). The van der Waals surface area contributed by atoms with Gasteiger partial charge in [0.1, 0.15) is 11.9 Å². The normalized spacial score (nSPS) is 19.5. The van der Waals surface area contributed by atoms with Gasteiger partial charge in [-0.3, -0.25) is 9.59 Å². The highest BCUT2D eigenvalue weighted by Crippen LogP contribution is 2.21. The van der Waals surface area contributed by atoms with E-state index in [1.807, 2.05) is 6.92 Å². The molecule has 0 aromatic heterocycles. The molecule has 0 bridgehead atoms. The van der Waals surface area contributed by atoms with E-state index in [4.69, 9.17) is 0 Å². The molecule has 19 heavy (non-hydrogen) atoms. The Kier molecular flexibility index (Phi) is 4.19. The Bertz CT molecular complexity index is 521. The third-order valence-corrected chi connectivity index (χ3v) is 3.80. The van der Waals surface area contributed by atoms with Gasteiger partial charge in [-0.15, -0.1) is 0 Å². The summed E-state index contributed by atoms with van der Waals surface area (Å²) in [5.41, 5.74) is 0.777. The van der Waals surface area contributed by atoms with E-state index < -0.39 is 6.04 Å². The van der Waals surface area contributed by atoms with Crippen molar-refractivity contribution in [2.24, 2.45) is 0 Å². The number of nitrogens with one attached hydrogen (secondary N) is 1. The minimum absolute atomic E-state index is 0.0408. The lowest BCUT2D eigenvalue weighted by atomic mass is 10.1. The minimum Gasteiger partial charge on any atom is -0.343 e. The van der Waals surface area contributed by atoms with Crippen molar-refractivity contribution >= 4 is 27.7 Å². The monoisotopic (exact) mass is 328 g/mol. The van der Waals surface area contributed by atoms with E-state index in [2.05, 4.69) is 21.2 Å². The topological polar surface area (TPSA) is 49.4 Å². The summed E-state index contributed by atoms with van der Waals surface area (Å²) >= 11 is 3.26. The molecule has 1 fully saturated rings. The summed E-state index contributed by atoms with van der Waals surface area (Å²) in [5, 5.41) is 2.65. The largest absolute Gasteiger partial charge is 0.343 e. The first-order valence-corrected chi connectivity index (χ1v) is 6.82. The van der Waals surface area contributed by atoms with Gasteiger partial charge in [0.2, 0.25) is 11.8 Å². The highest BCUT2D eigenvalue weighted by molar-refractivity contribution is 9.10. The number of hydrogen-bond acceptors (Lipinski definition) is 2. The van der Waals surface area contributed by atoms with Crippen LogP contribution in [0.1, 0.15) is 18.9 Å². The van der Waals surface area contributed by atoms with E-state index in [-0.39, 0.29) is 24.2 Å². The molecule has 2 amide bonds. The molecule has 1 saturated heterocycles. The number of piperazine rings is 1. The highest BCUT2D eigenvalue weighted by Gasteiger charge is 2.31. The van der Waals surface area contributed by atoms with Crippen LogP contribution >= 0.6 is 15.9 Å². The maximum Gasteiger partial charge on any atom is 0.245 e. The number of nitrogens with zero attached hydrogens (tertiary/aromatic N) is 1. The zero-order valence-corrected chi connectivity index (χ0v) is 12.0. The second-order valence-corrected chi connectivity index (χ2v) is 5.31. The number of halogens is 2. The Morgan fingerprint density at radius 2 is 2.21 bits per heavy atom. The maximum atomic E-state index is 13.0. The van der Waals surface area contributed by atoms with Crippen molar-refractivity contribution in [3.63, 3.8) is 0 Å². The second kappa shape index (κ2) is 5.69. The molecular formula is C13H14BrFN2O2. The van der Waals surface area contributed by atoms with Crippen LogP contribution in [0.15, 0.2) is 22.7 Å². The molecule has 0 radical (unpaired) electrons. The summed E-state index contributed by atoms with van der Waals surface area (Å²) in [6, 6.07) is 3.84. The van der Waals surface area contributed by atoms with Crippen molar-refractivity contribution < 1.29 is 14.0 Å². The maximum absolute atomic E-state index is 13.0. The Morgan fingerprint density at radius 3 is 2.84 bits per heavy atom. The van der Waals surface area contributed by atoms with Gasteiger partial charge in [-0.05, 0) is 24.1 Å². The molecule has 1 aromatic carbocycles. The fraction of sp³-hybridized carbons (Fsp3) is 0.385. The molecule has 0 aliphatic carbocycles. The number of amides is 2. The van der Waals surface area contributed by atoms with Crippen molar-refractivity contribution in [3.05, 3.63) is 34.1 Å². The summed E-state index contributed by atoms with van der Waals surface area (Å²) in [6.07, 6.45) is 0.561. The smallest absolute Gasteiger partial charge is 0.245 e. The number of hydrogen-bond donors (Lipinski definition) is 1. The molecule has 1 heterocycles. The third-order valence-electron chi connectivity index (χ3n) is 3.06. The highest BCUT2D eigenvalue weighted by atomic mass is 79.9. The molecule has 2 rings (SSSR count). The van der Waals surface area contributed by atoms with E-state index in [1.165, 1.54) is 17.0 Å². The predicted molar refractivity (Wildman–Crippen MR) is 71.7 cm³/mol. The van der Waals surface area contributed by atoms with Crippen LogP contribution in [0.5, 0.6) is 0 Å². The lowest BCUT2D eigenvalue weighted by Crippen LogP contribution is -2.57. The van der Waals surface area contributed by atoms with E-state index in [9.17, 15) is 14.0 Å². The van der Waals surface area contributed by atoms with Crippen molar-refractivity contribution in [3.8, 4) is 0 Å². The number of carbonyl (C=O) groups is 2. The first-order valence-electron chi connectivity index (χ1n) is 6.03. The van der Waals surface area contributed by atoms with Gasteiger partial charge >= 0.3 is 0 Å². The molecule has 1 aliphatic heterocycles. The summed E-state index contributed by atoms with van der Waals surface area (Å²) < 4.78 is 13.6. The molecule has 1 atom stereocenters. The average molecular weight is 329 g/mol. The molecule has 1 aliphatic rings. The molecule has 1 aromatic rings. The third kappa shape index (κ3) is 3.12. The molecule has 0 spiro atoms. The van der Waals surface area contributed by atoms with E-state index in [0.29, 0.717) is 17.4 Å². The van der Waals surface area contributed by atoms with Crippen molar-refractivity contribution in [1.82, 2.24) is 10.2 Å². The van der Waals surface area contributed by atoms with Crippen molar-refractivity contribution in [2.75, 3.05) is 6.54 Å². The molecule has 0 saturated carbocycles. The number of benzene rings is 1. The summed E-state index contributed by atoms with van der Waals surface area (Å²) in [6.45, 7) is 2.18. The molecular weight excluding hydrogens is 315 g/mol. The second-order valence-electron chi connectivity index (χ2n) is 4.46. The molecule has 102 valence electrons. The van der Waals surface area contributed by atoms with Gasteiger partial charge in [-0.25, -0.2) is 4.39 Å². The Hall–Kier alpha value is -1.43. The zero-order valence-electron chi connectivity index (χ0n) is 10.5. The van der Waals surface area contributed by atoms with Gasteiger partial charge in [0, 0.05) is 11.0 Å². The number of carbonyl (C=O) groups excluding carboxylic acids is 2. The fourth-order valence-electron chi connectivity index (χ4n) is 2.04. The van der Waals surface area contributed by atoms with Gasteiger partial charge < -0.3 is 10.2 Å². The Balaban J connectivity index is 2.17. The summed E-state index contributed by atoms with van der Waals surface area (Å²) in [4.78, 5) is 25.1. The van der Waals surface area contributed by atoms with E-state index in [0.717, 1.165) is 5.56 Å². The summed E-state index contributed by atoms with van der Waals surface area (Å²) in [7, 11) is 0. The van der Waals surface area contributed by atoms with Gasteiger partial charge in [0.05, 0.1) is 6.54 Å². The van der Waals surface area contributed by atoms with Crippen LogP contribution in [0, 0.1) is 5.82 Å². The number of rotatable bonds is 3. The van der Waals surface area contributed by atoms with Gasteiger partial charge in [0.15, 0.2) is 0 Å². The van der Waals surface area contributed by atoms with Crippen molar-refractivity contribution in [2.45, 2.75) is 25.9 Å². The SMILES string of the molecule is CCC1NC(=O)CN(Cc2ccc(F)cc2Br)C1=O. The van der Waals surface area contributed by atoms with Crippen LogP contribution in [0.2, 0.25) is 0 Å². The molecule has 1 N–H and O–H groups in total. The first kappa shape index (κ1) is 14.0. The Morgan fingerprint density at radius 1 is 1.47 bits per heavy atom. The quantitative estimate of drug-likeness (QED) is 0.920. The van der Waals surface area contributed by atoms with Crippen LogP contribution in [0.25, 0.3) is 0 Å². The van der Waals surface area contributed by atoms with E-state index in [1.54, 1.807) is 6.07 Å². The van der Waals surface area contributed by atoms with Crippen LogP contribution in [0.3, 0.4) is 0 Å². The van der Waals surface area contributed by atoms with Crippen LogP contribution < -0.4 is 5.32 Å². The van der Waals surface area contributed by atoms with Crippen LogP contribution in [-0.2, 0) is 16.1 Å². The molecule has 4 nitrogen and oxygen atoms in total. The van der Waals surface area contributed by atoms with Gasteiger partial charge in [-0.2, -0.15) is 0 Å². The van der Waals surface area contributed by atoms with Gasteiger partial charge in [0.25, 0.3) is 0 Å². The summed E-state index contributed by atoms with van der Waals surface area (Å²) in [5.74, 6) is -0.604.